The van der Waals surface area contributed by atoms with Gasteiger partial charge in [-0.15, -0.1) is 0 Å². The molecule has 0 amide bonds. The molecule has 5 heteroatoms. The zero-order valence-corrected chi connectivity index (χ0v) is 14.1. The molecule has 2 aromatic carbocycles. The summed E-state index contributed by atoms with van der Waals surface area (Å²) in [5, 5.41) is 10.6. The van der Waals surface area contributed by atoms with Gasteiger partial charge in [-0.25, -0.2) is 0 Å². The van der Waals surface area contributed by atoms with E-state index in [1.807, 2.05) is 0 Å². The van der Waals surface area contributed by atoms with Crippen LogP contribution in [0, 0.1) is 11.8 Å². The molecule has 4 rings (SSSR count). The maximum absolute atomic E-state index is 12.8. The minimum absolute atomic E-state index is 0.0480. The lowest BCUT2D eigenvalue weighted by Gasteiger charge is -2.24. The number of fused-ring (bicyclic) bond motifs is 2. The number of benzene rings is 2. The van der Waals surface area contributed by atoms with Crippen molar-refractivity contribution >= 4 is 11.6 Å². The number of aromatic hydroxyl groups is 1. The van der Waals surface area contributed by atoms with Crippen LogP contribution >= 0.6 is 0 Å². The van der Waals surface area contributed by atoms with Crippen LogP contribution < -0.4 is 0 Å². The molecule has 0 unspecified atom stereocenters. The van der Waals surface area contributed by atoms with Gasteiger partial charge >= 0.3 is 0 Å². The summed E-state index contributed by atoms with van der Waals surface area (Å²) in [4.78, 5) is 27.5. The molecule has 1 heterocycles. The molecule has 1 fully saturated rings. The third-order valence-corrected chi connectivity index (χ3v) is 4.70. The van der Waals surface area contributed by atoms with E-state index in [1.165, 1.54) is 0 Å². The Morgan fingerprint density at radius 1 is 0.962 bits per heavy atom. The Kier molecular flexibility index (Phi) is 4.29. The Morgan fingerprint density at radius 3 is 2.38 bits per heavy atom. The van der Waals surface area contributed by atoms with Gasteiger partial charge in [-0.2, -0.15) is 0 Å². The van der Waals surface area contributed by atoms with E-state index in [0.717, 1.165) is 13.1 Å². The van der Waals surface area contributed by atoms with Crippen LogP contribution in [0.5, 0.6) is 5.75 Å². The van der Waals surface area contributed by atoms with Crippen molar-refractivity contribution in [3.63, 3.8) is 0 Å². The highest BCUT2D eigenvalue weighted by molar-refractivity contribution is 6.29. The first-order valence-electron chi connectivity index (χ1n) is 8.50. The van der Waals surface area contributed by atoms with Crippen LogP contribution in [0.15, 0.2) is 36.4 Å². The molecule has 0 radical (unpaired) electrons. The summed E-state index contributed by atoms with van der Waals surface area (Å²) in [6.45, 7) is 3.61. The number of ether oxygens (including phenoxy) is 1. The molecule has 1 aliphatic carbocycles. The number of phenols is 1. The normalized spacial score (nSPS) is 16.5. The summed E-state index contributed by atoms with van der Waals surface area (Å²) in [6, 6.07) is 9.84. The summed E-state index contributed by atoms with van der Waals surface area (Å²) in [6.07, 6.45) is 0. The summed E-state index contributed by atoms with van der Waals surface area (Å²) >= 11 is 0. The quantitative estimate of drug-likeness (QED) is 0.681. The molecule has 2 aromatic rings. The number of phenolic OH excluding ortho intramolecular Hbond substituents is 1. The molecule has 0 atom stereocenters. The molecule has 0 bridgehead atoms. The third-order valence-electron chi connectivity index (χ3n) is 4.70. The van der Waals surface area contributed by atoms with E-state index in [0.29, 0.717) is 36.4 Å². The molecule has 26 heavy (non-hydrogen) atoms. The molecule has 1 N–H and O–H groups in total. The fourth-order valence-electron chi connectivity index (χ4n) is 3.28. The molecule has 0 saturated carbocycles. The standard InChI is InChI=1S/C21H17NO4/c23-19-14(4-3-9-22-10-12-26-13-11-22)7-8-17-18(19)21(25)16-6-2-1-5-15(16)20(17)24/h1-2,5-8,23H,9-13H2. The van der Waals surface area contributed by atoms with Gasteiger partial charge in [-0.3, -0.25) is 14.5 Å². The highest BCUT2D eigenvalue weighted by Gasteiger charge is 2.32. The topological polar surface area (TPSA) is 66.8 Å². The van der Waals surface area contributed by atoms with Crippen LogP contribution in [0.1, 0.15) is 37.4 Å². The number of ketones is 2. The summed E-state index contributed by atoms with van der Waals surface area (Å²) in [5.41, 5.74) is 1.32. The van der Waals surface area contributed by atoms with Gasteiger partial charge in [-0.05, 0) is 12.1 Å². The molecule has 5 nitrogen and oxygen atoms in total. The van der Waals surface area contributed by atoms with Gasteiger partial charge in [-0.1, -0.05) is 36.1 Å². The van der Waals surface area contributed by atoms with Crippen molar-refractivity contribution in [2.45, 2.75) is 0 Å². The Labute approximate surface area is 151 Å². The lowest BCUT2D eigenvalue weighted by atomic mass is 9.83. The van der Waals surface area contributed by atoms with Crippen molar-refractivity contribution < 1.29 is 19.4 Å². The lowest BCUT2D eigenvalue weighted by Crippen LogP contribution is -2.36. The van der Waals surface area contributed by atoms with Crippen molar-refractivity contribution in [3.8, 4) is 17.6 Å². The second-order valence-corrected chi connectivity index (χ2v) is 6.28. The average molecular weight is 347 g/mol. The van der Waals surface area contributed by atoms with Gasteiger partial charge < -0.3 is 9.84 Å². The zero-order valence-electron chi connectivity index (χ0n) is 14.1. The molecule has 1 aliphatic heterocycles. The van der Waals surface area contributed by atoms with Crippen molar-refractivity contribution in [3.05, 3.63) is 64.2 Å². The van der Waals surface area contributed by atoms with Crippen LogP contribution in [-0.4, -0.2) is 54.4 Å². The van der Waals surface area contributed by atoms with Crippen molar-refractivity contribution in [2.75, 3.05) is 32.8 Å². The van der Waals surface area contributed by atoms with Gasteiger partial charge in [0.05, 0.1) is 30.9 Å². The molecule has 1 saturated heterocycles. The minimum Gasteiger partial charge on any atom is -0.506 e. The fourth-order valence-corrected chi connectivity index (χ4v) is 3.28. The largest absolute Gasteiger partial charge is 0.506 e. The van der Waals surface area contributed by atoms with Crippen LogP contribution in [0.3, 0.4) is 0 Å². The number of rotatable bonds is 1. The molecule has 0 spiro atoms. The van der Waals surface area contributed by atoms with Crippen LogP contribution in [0.25, 0.3) is 0 Å². The van der Waals surface area contributed by atoms with E-state index in [9.17, 15) is 14.7 Å². The summed E-state index contributed by atoms with van der Waals surface area (Å²) in [7, 11) is 0. The number of nitrogens with zero attached hydrogens (tertiary/aromatic N) is 1. The predicted octanol–water partition coefficient (Wildman–Crippen LogP) is 1.85. The first kappa shape index (κ1) is 16.5. The number of carbonyl (C=O) groups is 2. The van der Waals surface area contributed by atoms with Crippen molar-refractivity contribution in [1.82, 2.24) is 4.90 Å². The van der Waals surface area contributed by atoms with Crippen LogP contribution in [-0.2, 0) is 4.74 Å². The van der Waals surface area contributed by atoms with Gasteiger partial charge in [0.1, 0.15) is 5.75 Å². The van der Waals surface area contributed by atoms with E-state index in [-0.39, 0.29) is 28.4 Å². The number of hydrogen-bond donors (Lipinski definition) is 1. The minimum atomic E-state index is -0.343. The molecular formula is C21H17NO4. The smallest absolute Gasteiger partial charge is 0.198 e. The Hall–Kier alpha value is -2.94. The Balaban J connectivity index is 1.67. The van der Waals surface area contributed by atoms with Crippen molar-refractivity contribution in [1.29, 1.82) is 0 Å². The second-order valence-electron chi connectivity index (χ2n) is 6.28. The Morgan fingerprint density at radius 2 is 1.65 bits per heavy atom. The van der Waals surface area contributed by atoms with Gasteiger partial charge in [0.2, 0.25) is 0 Å². The second kappa shape index (κ2) is 6.75. The van der Waals surface area contributed by atoms with Gasteiger partial charge in [0.25, 0.3) is 0 Å². The summed E-state index contributed by atoms with van der Waals surface area (Å²) in [5.74, 6) is 5.14. The van der Waals surface area contributed by atoms with E-state index >= 15 is 0 Å². The van der Waals surface area contributed by atoms with E-state index in [4.69, 9.17) is 4.74 Å². The predicted molar refractivity (Wildman–Crippen MR) is 95.6 cm³/mol. The van der Waals surface area contributed by atoms with E-state index in [1.54, 1.807) is 36.4 Å². The fraction of sp³-hybridized carbons (Fsp3) is 0.238. The maximum Gasteiger partial charge on any atom is 0.198 e. The molecule has 0 aromatic heterocycles. The van der Waals surface area contributed by atoms with Gasteiger partial charge in [0.15, 0.2) is 11.6 Å². The Bertz CT molecular complexity index is 962. The number of carbonyl (C=O) groups excluding carboxylic acids is 2. The third kappa shape index (κ3) is 2.80. The first-order valence-corrected chi connectivity index (χ1v) is 8.50. The highest BCUT2D eigenvalue weighted by Crippen LogP contribution is 2.34. The number of hydrogen-bond acceptors (Lipinski definition) is 5. The zero-order chi connectivity index (χ0) is 18.1. The van der Waals surface area contributed by atoms with E-state index in [2.05, 4.69) is 16.7 Å². The highest BCUT2D eigenvalue weighted by atomic mass is 16.5. The van der Waals surface area contributed by atoms with Crippen LogP contribution in [0.2, 0.25) is 0 Å². The first-order chi connectivity index (χ1) is 12.7. The average Bonchev–Trinajstić information content (AvgIpc) is 2.68. The lowest BCUT2D eigenvalue weighted by molar-refractivity contribution is 0.0443. The summed E-state index contributed by atoms with van der Waals surface area (Å²) < 4.78 is 5.30. The van der Waals surface area contributed by atoms with Crippen LogP contribution in [0.4, 0.5) is 0 Å². The number of morpholine rings is 1. The maximum atomic E-state index is 12.8. The van der Waals surface area contributed by atoms with Gasteiger partial charge in [0, 0.05) is 29.8 Å². The molecule has 2 aliphatic rings. The monoisotopic (exact) mass is 347 g/mol. The molecule has 130 valence electrons. The van der Waals surface area contributed by atoms with Crippen molar-refractivity contribution in [2.24, 2.45) is 0 Å². The molecular weight excluding hydrogens is 330 g/mol. The van der Waals surface area contributed by atoms with E-state index < -0.39 is 0 Å². The SMILES string of the molecule is O=C1c2ccccc2C(=O)c2c1ccc(C#CCN1CCOCC1)c2O.